The number of hydrogen-bond acceptors (Lipinski definition) is 0. The van der Waals surface area contributed by atoms with Gasteiger partial charge in [-0.15, -0.1) is 0 Å². The minimum Gasteiger partial charge on any atom is -0.0842 e. The van der Waals surface area contributed by atoms with E-state index in [2.05, 4.69) is 172 Å². The van der Waals surface area contributed by atoms with Gasteiger partial charge in [-0.25, -0.2) is 0 Å². The van der Waals surface area contributed by atoms with Crippen LogP contribution in [0, 0.1) is 0 Å². The van der Waals surface area contributed by atoms with Crippen molar-refractivity contribution < 1.29 is 0 Å². The molecule has 0 spiro atoms. The van der Waals surface area contributed by atoms with Gasteiger partial charge in [-0.2, -0.15) is 0 Å². The van der Waals surface area contributed by atoms with Gasteiger partial charge in [-0.1, -0.05) is 153 Å². The Morgan fingerprint density at radius 1 is 0.449 bits per heavy atom. The molecule has 0 unspecified atom stereocenters. The van der Waals surface area contributed by atoms with Crippen LogP contribution in [-0.2, 0) is 5.41 Å². The summed E-state index contributed by atoms with van der Waals surface area (Å²) in [7, 11) is 0. The molecule has 232 valence electrons. The highest BCUT2D eigenvalue weighted by Crippen LogP contribution is 2.51. The Bertz CT molecular complexity index is 2730. The van der Waals surface area contributed by atoms with Gasteiger partial charge in [0.05, 0.1) is 0 Å². The van der Waals surface area contributed by atoms with Crippen LogP contribution < -0.4 is 0 Å². The van der Waals surface area contributed by atoms with Crippen molar-refractivity contribution in [3.8, 4) is 33.4 Å². The summed E-state index contributed by atoms with van der Waals surface area (Å²) in [5.41, 5.74) is 13.4. The van der Waals surface area contributed by atoms with Gasteiger partial charge in [0.15, 0.2) is 0 Å². The first-order chi connectivity index (χ1) is 24.1. The zero-order valence-electron chi connectivity index (χ0n) is 27.9. The SMILES string of the molecule is CC1(C)c2ccccc2-c2ccc(-c3c4ccccc4c(C4=CC=CCC4)c4cc(-c5cc6ccccc6c6ccccc56)ccc34)cc21. The van der Waals surface area contributed by atoms with Crippen LogP contribution in [-0.4, -0.2) is 0 Å². The first kappa shape index (κ1) is 28.3. The summed E-state index contributed by atoms with van der Waals surface area (Å²) in [6.45, 7) is 4.76. The van der Waals surface area contributed by atoms with Crippen molar-refractivity contribution in [2.45, 2.75) is 32.1 Å². The van der Waals surface area contributed by atoms with E-state index < -0.39 is 0 Å². The Morgan fingerprint density at radius 3 is 1.92 bits per heavy atom. The highest BCUT2D eigenvalue weighted by Gasteiger charge is 2.35. The molecular formula is C49H36. The van der Waals surface area contributed by atoms with Crippen LogP contribution in [0.1, 0.15) is 43.4 Å². The molecule has 0 radical (unpaired) electrons. The van der Waals surface area contributed by atoms with Gasteiger partial charge < -0.3 is 0 Å². The van der Waals surface area contributed by atoms with Crippen LogP contribution >= 0.6 is 0 Å². The molecule has 0 aromatic heterocycles. The lowest BCUT2D eigenvalue weighted by Gasteiger charge is -2.24. The van der Waals surface area contributed by atoms with Crippen LogP contribution in [0.2, 0.25) is 0 Å². The van der Waals surface area contributed by atoms with Crippen molar-refractivity contribution in [3.05, 3.63) is 174 Å². The summed E-state index contributed by atoms with van der Waals surface area (Å²) in [5, 5.41) is 10.5. The quantitative estimate of drug-likeness (QED) is 0.136. The molecule has 0 N–H and O–H groups in total. The van der Waals surface area contributed by atoms with Gasteiger partial charge in [-0.3, -0.25) is 0 Å². The predicted molar refractivity (Wildman–Crippen MR) is 211 cm³/mol. The number of fused-ring (bicyclic) bond motifs is 8. The minimum atomic E-state index is -0.0585. The molecule has 0 saturated heterocycles. The Morgan fingerprint density at radius 2 is 1.10 bits per heavy atom. The lowest BCUT2D eigenvalue weighted by molar-refractivity contribution is 0.660. The molecule has 8 aromatic rings. The normalized spacial score (nSPS) is 14.8. The molecule has 0 atom stereocenters. The second-order valence-electron chi connectivity index (χ2n) is 14.3. The first-order valence-electron chi connectivity index (χ1n) is 17.6. The largest absolute Gasteiger partial charge is 0.0842 e. The molecule has 49 heavy (non-hydrogen) atoms. The van der Waals surface area contributed by atoms with Crippen molar-refractivity contribution in [2.24, 2.45) is 0 Å². The number of benzene rings is 8. The van der Waals surface area contributed by atoms with E-state index in [0.29, 0.717) is 0 Å². The molecule has 0 heteroatoms. The standard InChI is InChI=1S/C49H36/c1-49(2)45-23-13-12-20-38(45)39-26-25-34(30-46(39)49)48-41-22-11-10-21-40(41)47(31-14-4-3-5-15-31)44-29-33(24-27-42(44)48)43-28-32-16-6-7-17-35(32)36-18-8-9-19-37(36)43/h3-4,6-14,16-30H,5,15H2,1-2H3. The van der Waals surface area contributed by atoms with Gasteiger partial charge in [0.25, 0.3) is 0 Å². The van der Waals surface area contributed by atoms with Crippen molar-refractivity contribution in [1.29, 1.82) is 0 Å². The minimum absolute atomic E-state index is 0.0585. The highest BCUT2D eigenvalue weighted by molar-refractivity contribution is 6.20. The lowest BCUT2D eigenvalue weighted by atomic mass is 9.80. The summed E-state index contributed by atoms with van der Waals surface area (Å²) in [6, 6.07) is 52.6. The fourth-order valence-electron chi connectivity index (χ4n) is 8.97. The third kappa shape index (κ3) is 4.17. The molecule has 2 aliphatic rings. The molecule has 10 rings (SSSR count). The van der Waals surface area contributed by atoms with E-state index in [-0.39, 0.29) is 5.41 Å². The topological polar surface area (TPSA) is 0 Å². The van der Waals surface area contributed by atoms with E-state index in [9.17, 15) is 0 Å². The molecule has 0 amide bonds. The molecule has 0 nitrogen and oxygen atoms in total. The van der Waals surface area contributed by atoms with Crippen LogP contribution in [0.3, 0.4) is 0 Å². The predicted octanol–water partition coefficient (Wildman–Crippen LogP) is 13.7. The Labute approximate surface area is 287 Å². The van der Waals surface area contributed by atoms with Crippen molar-refractivity contribution in [2.75, 3.05) is 0 Å². The molecule has 0 heterocycles. The van der Waals surface area contributed by atoms with Crippen molar-refractivity contribution in [3.63, 3.8) is 0 Å². The van der Waals surface area contributed by atoms with E-state index in [1.807, 2.05) is 0 Å². The molecule has 0 aliphatic heterocycles. The number of hydrogen-bond donors (Lipinski definition) is 0. The fourth-order valence-corrected chi connectivity index (χ4v) is 8.97. The Balaban J connectivity index is 1.29. The van der Waals surface area contributed by atoms with E-state index in [4.69, 9.17) is 0 Å². The summed E-state index contributed by atoms with van der Waals surface area (Å²) >= 11 is 0. The van der Waals surface area contributed by atoms with Gasteiger partial charge in [0.1, 0.15) is 0 Å². The van der Waals surface area contributed by atoms with Crippen LogP contribution in [0.4, 0.5) is 0 Å². The fraction of sp³-hybridized carbons (Fsp3) is 0.102. The van der Waals surface area contributed by atoms with Crippen molar-refractivity contribution in [1.82, 2.24) is 0 Å². The third-order valence-corrected chi connectivity index (χ3v) is 11.3. The second kappa shape index (κ2) is 10.6. The lowest BCUT2D eigenvalue weighted by Crippen LogP contribution is -2.14. The van der Waals surface area contributed by atoms with Crippen LogP contribution in [0.5, 0.6) is 0 Å². The second-order valence-corrected chi connectivity index (χ2v) is 14.3. The zero-order chi connectivity index (χ0) is 32.7. The van der Waals surface area contributed by atoms with E-state index in [1.165, 1.54) is 98.7 Å². The molecule has 8 aromatic carbocycles. The molecule has 0 fully saturated rings. The van der Waals surface area contributed by atoms with Gasteiger partial charge in [0.2, 0.25) is 0 Å². The molecule has 2 aliphatic carbocycles. The Hall–Kier alpha value is -5.72. The third-order valence-electron chi connectivity index (χ3n) is 11.3. The first-order valence-corrected chi connectivity index (χ1v) is 17.6. The molecule has 0 saturated carbocycles. The zero-order valence-corrected chi connectivity index (χ0v) is 27.9. The maximum Gasteiger partial charge on any atom is 0.0159 e. The van der Waals surface area contributed by atoms with Gasteiger partial charge >= 0.3 is 0 Å². The summed E-state index contributed by atoms with van der Waals surface area (Å²) in [6.07, 6.45) is 8.99. The average Bonchev–Trinajstić information content (AvgIpc) is 3.39. The summed E-state index contributed by atoms with van der Waals surface area (Å²) in [5.74, 6) is 0. The molecular weight excluding hydrogens is 589 g/mol. The highest BCUT2D eigenvalue weighted by atomic mass is 14.4. The van der Waals surface area contributed by atoms with E-state index in [0.717, 1.165) is 12.8 Å². The summed E-state index contributed by atoms with van der Waals surface area (Å²) in [4.78, 5) is 0. The van der Waals surface area contributed by atoms with Crippen molar-refractivity contribution >= 4 is 48.7 Å². The maximum atomic E-state index is 2.49. The van der Waals surface area contributed by atoms with Gasteiger partial charge in [0, 0.05) is 5.41 Å². The number of allylic oxidation sites excluding steroid dienone is 4. The number of rotatable bonds is 3. The van der Waals surface area contributed by atoms with Crippen LogP contribution in [0.15, 0.2) is 158 Å². The van der Waals surface area contributed by atoms with E-state index in [1.54, 1.807) is 0 Å². The summed E-state index contributed by atoms with van der Waals surface area (Å²) < 4.78 is 0. The monoisotopic (exact) mass is 624 g/mol. The smallest absolute Gasteiger partial charge is 0.0159 e. The average molecular weight is 625 g/mol. The van der Waals surface area contributed by atoms with Crippen LogP contribution in [0.25, 0.3) is 82.0 Å². The van der Waals surface area contributed by atoms with Gasteiger partial charge in [-0.05, 0) is 130 Å². The maximum absolute atomic E-state index is 2.49. The Kier molecular flexibility index (Phi) is 6.15. The van der Waals surface area contributed by atoms with E-state index >= 15 is 0 Å². The molecule has 0 bridgehead atoms.